The molecule has 2 aliphatic rings. The van der Waals surface area contributed by atoms with Crippen molar-refractivity contribution < 1.29 is 0 Å². The third kappa shape index (κ3) is 4.19. The van der Waals surface area contributed by atoms with Crippen molar-refractivity contribution in [3.8, 4) is 0 Å². The number of hydrogen-bond acceptors (Lipinski definition) is 5. The highest BCUT2D eigenvalue weighted by Crippen LogP contribution is 2.19. The monoisotopic (exact) mass is 281 g/mol. The number of nitrogens with one attached hydrogen (secondary N) is 1. The maximum absolute atomic E-state index is 4.22. The van der Waals surface area contributed by atoms with Crippen LogP contribution in [-0.4, -0.2) is 56.6 Å². The summed E-state index contributed by atoms with van der Waals surface area (Å²) in [5.41, 5.74) is 1.06. The minimum absolute atomic E-state index is 0.734. The average molecular weight is 281 g/mol. The van der Waals surface area contributed by atoms with Crippen molar-refractivity contribution in [3.05, 3.63) is 11.9 Å². The van der Waals surface area contributed by atoms with E-state index in [-0.39, 0.29) is 0 Å². The van der Waals surface area contributed by atoms with Gasteiger partial charge in [-0.25, -0.2) is 0 Å². The molecule has 0 bridgehead atoms. The number of rotatable bonds is 6. The minimum atomic E-state index is 0.734. The first kappa shape index (κ1) is 13.4. The summed E-state index contributed by atoms with van der Waals surface area (Å²) < 4.78 is 1.98. The Balaban J connectivity index is 1.41. The molecule has 6 heteroatoms. The first-order valence-electron chi connectivity index (χ1n) is 7.26. The van der Waals surface area contributed by atoms with E-state index in [0.717, 1.165) is 36.6 Å². The molecule has 0 amide bonds. The van der Waals surface area contributed by atoms with Gasteiger partial charge in [-0.3, -0.25) is 9.58 Å². The molecular weight excluding hydrogens is 258 g/mol. The van der Waals surface area contributed by atoms with E-state index in [4.69, 9.17) is 0 Å². The van der Waals surface area contributed by atoms with Gasteiger partial charge in [0, 0.05) is 49.4 Å². The molecule has 1 aromatic heterocycles. The highest BCUT2D eigenvalue weighted by Gasteiger charge is 2.20. The van der Waals surface area contributed by atoms with Gasteiger partial charge < -0.3 is 5.32 Å². The summed E-state index contributed by atoms with van der Waals surface area (Å²) in [5, 5.41) is 12.7. The molecule has 2 heterocycles. The molecule has 1 saturated carbocycles. The summed E-state index contributed by atoms with van der Waals surface area (Å²) in [6.07, 6.45) is 4.72. The molecular formula is C13H23N5S. The lowest BCUT2D eigenvalue weighted by Gasteiger charge is -2.30. The quantitative estimate of drug-likeness (QED) is 0.842. The molecule has 1 atom stereocenters. The molecule has 0 radical (unpaired) electrons. The van der Waals surface area contributed by atoms with Crippen molar-refractivity contribution in [3.63, 3.8) is 0 Å². The second kappa shape index (κ2) is 6.24. The summed E-state index contributed by atoms with van der Waals surface area (Å²) >= 11 is 2.08. The van der Waals surface area contributed by atoms with E-state index in [1.165, 1.54) is 31.7 Å². The van der Waals surface area contributed by atoms with Crippen molar-refractivity contribution in [2.24, 2.45) is 0 Å². The Labute approximate surface area is 119 Å². The fourth-order valence-corrected chi connectivity index (χ4v) is 3.48. The molecule has 1 aliphatic heterocycles. The lowest BCUT2D eigenvalue weighted by molar-refractivity contribution is 0.269. The van der Waals surface area contributed by atoms with E-state index in [9.17, 15) is 0 Å². The van der Waals surface area contributed by atoms with Gasteiger partial charge in [0.05, 0.1) is 12.2 Å². The van der Waals surface area contributed by atoms with E-state index in [1.54, 1.807) is 0 Å². The van der Waals surface area contributed by atoms with Crippen LogP contribution in [0.2, 0.25) is 0 Å². The molecule has 0 spiro atoms. The van der Waals surface area contributed by atoms with Gasteiger partial charge >= 0.3 is 0 Å². The van der Waals surface area contributed by atoms with Gasteiger partial charge in [-0.15, -0.1) is 5.10 Å². The Morgan fingerprint density at radius 3 is 3.11 bits per heavy atom. The van der Waals surface area contributed by atoms with Crippen LogP contribution >= 0.6 is 11.8 Å². The van der Waals surface area contributed by atoms with Crippen LogP contribution in [0.5, 0.6) is 0 Å². The zero-order chi connectivity index (χ0) is 13.1. The molecule has 1 aromatic rings. The van der Waals surface area contributed by atoms with Crippen LogP contribution in [0.4, 0.5) is 0 Å². The number of hydrogen-bond donors (Lipinski definition) is 1. The largest absolute Gasteiger partial charge is 0.308 e. The van der Waals surface area contributed by atoms with Gasteiger partial charge in [-0.2, -0.15) is 11.8 Å². The average Bonchev–Trinajstić information content (AvgIpc) is 3.13. The predicted octanol–water partition coefficient (Wildman–Crippen LogP) is 0.967. The van der Waals surface area contributed by atoms with Crippen molar-refractivity contribution in [2.75, 3.05) is 25.4 Å². The summed E-state index contributed by atoms with van der Waals surface area (Å²) in [5.74, 6) is 1.26. The van der Waals surface area contributed by atoms with Crippen LogP contribution in [0.1, 0.15) is 25.5 Å². The van der Waals surface area contributed by atoms with Crippen molar-refractivity contribution in [2.45, 2.75) is 44.1 Å². The van der Waals surface area contributed by atoms with Gasteiger partial charge in [-0.1, -0.05) is 12.1 Å². The topological polar surface area (TPSA) is 46.0 Å². The maximum Gasteiger partial charge on any atom is 0.0964 e. The highest BCUT2D eigenvalue weighted by molar-refractivity contribution is 7.99. The van der Waals surface area contributed by atoms with Crippen molar-refractivity contribution in [1.29, 1.82) is 0 Å². The van der Waals surface area contributed by atoms with Gasteiger partial charge in [-0.05, 0) is 12.8 Å². The maximum atomic E-state index is 4.22. The van der Waals surface area contributed by atoms with E-state index in [2.05, 4.69) is 45.4 Å². The molecule has 19 heavy (non-hydrogen) atoms. The van der Waals surface area contributed by atoms with Crippen molar-refractivity contribution in [1.82, 2.24) is 25.2 Å². The van der Waals surface area contributed by atoms with Crippen LogP contribution in [0.3, 0.4) is 0 Å². The minimum Gasteiger partial charge on any atom is -0.308 e. The van der Waals surface area contributed by atoms with Crippen LogP contribution in [0, 0.1) is 0 Å². The normalized spacial score (nSPS) is 24.8. The lowest BCUT2D eigenvalue weighted by atomic mass is 10.3. The van der Waals surface area contributed by atoms with E-state index in [1.807, 2.05) is 4.68 Å². The first-order chi connectivity index (χ1) is 9.29. The Hall–Kier alpha value is -0.590. The second-order valence-electron chi connectivity index (χ2n) is 5.61. The Kier molecular flexibility index (Phi) is 4.40. The van der Waals surface area contributed by atoms with E-state index in [0.29, 0.717) is 0 Å². The third-order valence-electron chi connectivity index (χ3n) is 3.71. The summed E-state index contributed by atoms with van der Waals surface area (Å²) in [6, 6.07) is 0.734. The molecule has 1 N–H and O–H groups in total. The zero-order valence-electron chi connectivity index (χ0n) is 11.6. The summed E-state index contributed by atoms with van der Waals surface area (Å²) in [6.45, 7) is 7.63. The molecule has 2 fully saturated rings. The van der Waals surface area contributed by atoms with E-state index >= 15 is 0 Å². The lowest BCUT2D eigenvalue weighted by Crippen LogP contribution is -2.38. The van der Waals surface area contributed by atoms with Gasteiger partial charge in [0.1, 0.15) is 0 Å². The predicted molar refractivity (Wildman–Crippen MR) is 78.2 cm³/mol. The fourth-order valence-electron chi connectivity index (χ4n) is 2.40. The van der Waals surface area contributed by atoms with Gasteiger partial charge in [0.2, 0.25) is 0 Å². The van der Waals surface area contributed by atoms with Crippen LogP contribution in [-0.2, 0) is 13.1 Å². The standard InChI is InChI=1S/C13H23N5S/c1-11-9-17(6-7-19-11)4-5-18-10-13(15-16-18)8-14-12-2-3-12/h10-12,14H,2-9H2,1H3. The Morgan fingerprint density at radius 2 is 2.32 bits per heavy atom. The Morgan fingerprint density at radius 1 is 1.42 bits per heavy atom. The molecule has 106 valence electrons. The SMILES string of the molecule is CC1CN(CCn2cc(CNC3CC3)nn2)CCS1. The fraction of sp³-hybridized carbons (Fsp3) is 0.846. The molecule has 1 unspecified atom stereocenters. The van der Waals surface area contributed by atoms with Crippen LogP contribution in [0.25, 0.3) is 0 Å². The summed E-state index contributed by atoms with van der Waals surface area (Å²) in [4.78, 5) is 2.53. The first-order valence-corrected chi connectivity index (χ1v) is 8.31. The number of nitrogens with zero attached hydrogens (tertiary/aromatic N) is 4. The number of aromatic nitrogens is 3. The Bertz CT molecular complexity index is 403. The highest BCUT2D eigenvalue weighted by atomic mass is 32.2. The summed E-state index contributed by atoms with van der Waals surface area (Å²) in [7, 11) is 0. The third-order valence-corrected chi connectivity index (χ3v) is 4.84. The van der Waals surface area contributed by atoms with E-state index < -0.39 is 0 Å². The van der Waals surface area contributed by atoms with Crippen molar-refractivity contribution >= 4 is 11.8 Å². The van der Waals surface area contributed by atoms with Gasteiger partial charge in [0.15, 0.2) is 0 Å². The molecule has 1 saturated heterocycles. The van der Waals surface area contributed by atoms with Crippen LogP contribution in [0.15, 0.2) is 6.20 Å². The molecule has 3 rings (SSSR count). The van der Waals surface area contributed by atoms with Crippen LogP contribution < -0.4 is 5.32 Å². The van der Waals surface area contributed by atoms with Gasteiger partial charge in [0.25, 0.3) is 0 Å². The zero-order valence-corrected chi connectivity index (χ0v) is 12.4. The second-order valence-corrected chi connectivity index (χ2v) is 7.16. The molecule has 1 aliphatic carbocycles. The molecule has 5 nitrogen and oxygen atoms in total. The molecule has 0 aromatic carbocycles. The smallest absolute Gasteiger partial charge is 0.0964 e. The number of thioether (sulfide) groups is 1.